The van der Waals surface area contributed by atoms with E-state index in [1.807, 2.05) is 16.8 Å². The fraction of sp³-hybridized carbons (Fsp3) is 0.231. The summed E-state index contributed by atoms with van der Waals surface area (Å²) in [4.78, 5) is 0.0971. The summed E-state index contributed by atoms with van der Waals surface area (Å²) in [6.07, 6.45) is 0. The van der Waals surface area contributed by atoms with Crippen LogP contribution < -0.4 is 5.73 Å². The molecule has 0 saturated heterocycles. The molecule has 0 atom stereocenters. The molecule has 4 nitrogen and oxygen atoms in total. The minimum absolute atomic E-state index is 0.0971. The van der Waals surface area contributed by atoms with Crippen LogP contribution in [0.1, 0.15) is 11.1 Å². The number of nitrogens with two attached hydrogens (primary N) is 1. The summed E-state index contributed by atoms with van der Waals surface area (Å²) in [6.45, 7) is 0.586. The maximum atomic E-state index is 12.6. The highest BCUT2D eigenvalue weighted by Crippen LogP contribution is 2.26. The molecule has 1 heterocycles. The summed E-state index contributed by atoms with van der Waals surface area (Å²) in [5.74, 6) is 0. The van der Waals surface area contributed by atoms with Gasteiger partial charge in [0.1, 0.15) is 4.90 Å². The van der Waals surface area contributed by atoms with Gasteiger partial charge in [-0.3, -0.25) is 0 Å². The predicted octanol–water partition coefficient (Wildman–Crippen LogP) is 2.68. The maximum Gasteiger partial charge on any atom is 0.244 e. The van der Waals surface area contributed by atoms with Crippen molar-refractivity contribution in [3.05, 3.63) is 51.2 Å². The Labute approximate surface area is 127 Å². The van der Waals surface area contributed by atoms with Gasteiger partial charge < -0.3 is 5.73 Å². The lowest BCUT2D eigenvalue weighted by Crippen LogP contribution is -2.26. The SMILES string of the molecule is CN(Cc1ccsc1)S(=O)(=O)c1cc(CN)ccc1Cl. The zero-order chi connectivity index (χ0) is 14.8. The van der Waals surface area contributed by atoms with Gasteiger partial charge in [0.05, 0.1) is 5.02 Å². The van der Waals surface area contributed by atoms with Crippen molar-refractivity contribution in [2.45, 2.75) is 18.0 Å². The molecule has 2 N–H and O–H groups in total. The van der Waals surface area contributed by atoms with E-state index in [2.05, 4.69) is 0 Å². The third kappa shape index (κ3) is 3.21. The minimum Gasteiger partial charge on any atom is -0.326 e. The molecule has 108 valence electrons. The molecule has 0 spiro atoms. The lowest BCUT2D eigenvalue weighted by Gasteiger charge is -2.18. The van der Waals surface area contributed by atoms with Crippen LogP contribution >= 0.6 is 22.9 Å². The molecule has 2 rings (SSSR count). The van der Waals surface area contributed by atoms with Gasteiger partial charge in [-0.15, -0.1) is 0 Å². The summed E-state index contributed by atoms with van der Waals surface area (Å²) < 4.78 is 26.4. The van der Waals surface area contributed by atoms with Crippen LogP contribution in [-0.2, 0) is 23.1 Å². The molecule has 0 amide bonds. The van der Waals surface area contributed by atoms with Crippen molar-refractivity contribution < 1.29 is 8.42 Å². The Hall–Kier alpha value is -0.920. The Bertz CT molecular complexity index is 684. The van der Waals surface area contributed by atoms with E-state index in [0.717, 1.165) is 11.1 Å². The molecule has 0 radical (unpaired) electrons. The van der Waals surface area contributed by atoms with Gasteiger partial charge in [-0.25, -0.2) is 8.42 Å². The molecule has 0 aliphatic heterocycles. The third-order valence-electron chi connectivity index (χ3n) is 2.90. The van der Waals surface area contributed by atoms with Gasteiger partial charge >= 0.3 is 0 Å². The van der Waals surface area contributed by atoms with Crippen LogP contribution in [0, 0.1) is 0 Å². The molecule has 0 saturated carbocycles. The molecule has 1 aromatic carbocycles. The van der Waals surface area contributed by atoms with Gasteiger partial charge in [0, 0.05) is 20.1 Å². The fourth-order valence-corrected chi connectivity index (χ4v) is 4.10. The van der Waals surface area contributed by atoms with Gasteiger partial charge in [0.15, 0.2) is 0 Å². The Morgan fingerprint density at radius 1 is 1.30 bits per heavy atom. The highest BCUT2D eigenvalue weighted by molar-refractivity contribution is 7.89. The molecule has 1 aromatic heterocycles. The lowest BCUT2D eigenvalue weighted by atomic mass is 10.2. The molecule has 20 heavy (non-hydrogen) atoms. The quantitative estimate of drug-likeness (QED) is 0.916. The highest BCUT2D eigenvalue weighted by Gasteiger charge is 2.24. The van der Waals surface area contributed by atoms with Crippen LogP contribution in [0.15, 0.2) is 39.9 Å². The number of rotatable bonds is 5. The summed E-state index contributed by atoms with van der Waals surface area (Å²) >= 11 is 7.55. The smallest absolute Gasteiger partial charge is 0.244 e. The third-order valence-corrected chi connectivity index (χ3v) is 5.92. The van der Waals surface area contributed by atoms with Crippen molar-refractivity contribution in [3.8, 4) is 0 Å². The molecular weight excluding hydrogens is 316 g/mol. The Morgan fingerprint density at radius 2 is 2.05 bits per heavy atom. The fourth-order valence-electron chi connectivity index (χ4n) is 1.77. The van der Waals surface area contributed by atoms with Crippen molar-refractivity contribution in [1.82, 2.24) is 4.31 Å². The van der Waals surface area contributed by atoms with E-state index in [-0.39, 0.29) is 16.5 Å². The Kier molecular flexibility index (Phi) is 4.82. The summed E-state index contributed by atoms with van der Waals surface area (Å²) in [5, 5.41) is 4.04. The molecule has 0 aliphatic rings. The van der Waals surface area contributed by atoms with Crippen LogP contribution in [0.4, 0.5) is 0 Å². The average molecular weight is 331 g/mol. The molecule has 7 heteroatoms. The molecule has 0 aliphatic carbocycles. The largest absolute Gasteiger partial charge is 0.326 e. The van der Waals surface area contributed by atoms with E-state index in [1.165, 1.54) is 21.7 Å². The van der Waals surface area contributed by atoms with Gasteiger partial charge in [-0.05, 0) is 40.1 Å². The Morgan fingerprint density at radius 3 is 2.65 bits per heavy atom. The lowest BCUT2D eigenvalue weighted by molar-refractivity contribution is 0.467. The number of halogens is 1. The molecular formula is C13H15ClN2O2S2. The Balaban J connectivity index is 2.34. The van der Waals surface area contributed by atoms with Crippen LogP contribution in [0.3, 0.4) is 0 Å². The number of hydrogen-bond acceptors (Lipinski definition) is 4. The van der Waals surface area contributed by atoms with Crippen molar-refractivity contribution in [2.75, 3.05) is 7.05 Å². The van der Waals surface area contributed by atoms with Crippen LogP contribution in [0.5, 0.6) is 0 Å². The number of benzene rings is 1. The first-order valence-electron chi connectivity index (χ1n) is 5.91. The van der Waals surface area contributed by atoms with Crippen molar-refractivity contribution in [2.24, 2.45) is 5.73 Å². The number of nitrogens with zero attached hydrogens (tertiary/aromatic N) is 1. The first-order chi connectivity index (χ1) is 9.45. The normalized spacial score (nSPS) is 12.0. The second kappa shape index (κ2) is 6.24. The maximum absolute atomic E-state index is 12.6. The number of thiophene rings is 1. The second-order valence-corrected chi connectivity index (χ2v) is 7.56. The van der Waals surface area contributed by atoms with E-state index in [4.69, 9.17) is 17.3 Å². The first kappa shape index (κ1) is 15.5. The van der Waals surface area contributed by atoms with Crippen LogP contribution in [-0.4, -0.2) is 19.8 Å². The summed E-state index contributed by atoms with van der Waals surface area (Å²) in [5.41, 5.74) is 7.23. The van der Waals surface area contributed by atoms with E-state index >= 15 is 0 Å². The van der Waals surface area contributed by atoms with Gasteiger partial charge in [0.25, 0.3) is 0 Å². The summed E-state index contributed by atoms with van der Waals surface area (Å²) in [7, 11) is -2.09. The predicted molar refractivity (Wildman–Crippen MR) is 82.3 cm³/mol. The van der Waals surface area contributed by atoms with Crippen molar-refractivity contribution >= 4 is 33.0 Å². The second-order valence-electron chi connectivity index (χ2n) is 4.36. The van der Waals surface area contributed by atoms with Crippen LogP contribution in [0.2, 0.25) is 5.02 Å². The topological polar surface area (TPSA) is 63.4 Å². The molecule has 0 fully saturated rings. The van der Waals surface area contributed by atoms with E-state index in [0.29, 0.717) is 6.54 Å². The highest BCUT2D eigenvalue weighted by atomic mass is 35.5. The summed E-state index contributed by atoms with van der Waals surface area (Å²) in [6, 6.07) is 6.71. The molecule has 2 aromatic rings. The first-order valence-corrected chi connectivity index (χ1v) is 8.67. The van der Waals surface area contributed by atoms with E-state index < -0.39 is 10.0 Å². The van der Waals surface area contributed by atoms with Gasteiger partial charge in [0.2, 0.25) is 10.0 Å². The average Bonchev–Trinajstić information content (AvgIpc) is 2.92. The molecule has 0 unspecified atom stereocenters. The zero-order valence-electron chi connectivity index (χ0n) is 10.9. The number of sulfonamides is 1. The minimum atomic E-state index is -3.63. The standard InChI is InChI=1S/C13H15ClN2O2S2/c1-16(8-11-4-5-19-9-11)20(17,18)13-6-10(7-15)2-3-12(13)14/h2-6,9H,7-8,15H2,1H3. The molecule has 0 bridgehead atoms. The number of hydrogen-bond donors (Lipinski definition) is 1. The van der Waals surface area contributed by atoms with E-state index in [9.17, 15) is 8.42 Å². The van der Waals surface area contributed by atoms with Crippen molar-refractivity contribution in [3.63, 3.8) is 0 Å². The van der Waals surface area contributed by atoms with Crippen LogP contribution in [0.25, 0.3) is 0 Å². The zero-order valence-corrected chi connectivity index (χ0v) is 13.3. The van der Waals surface area contributed by atoms with E-state index in [1.54, 1.807) is 19.2 Å². The van der Waals surface area contributed by atoms with Gasteiger partial charge in [-0.2, -0.15) is 15.6 Å². The van der Waals surface area contributed by atoms with Gasteiger partial charge in [-0.1, -0.05) is 17.7 Å². The van der Waals surface area contributed by atoms with Crippen molar-refractivity contribution in [1.29, 1.82) is 0 Å². The monoisotopic (exact) mass is 330 g/mol.